The first kappa shape index (κ1) is 13.8. The van der Waals surface area contributed by atoms with E-state index < -0.39 is 5.67 Å². The van der Waals surface area contributed by atoms with E-state index in [1.54, 1.807) is 26.4 Å². The number of hydrogen-bond donors (Lipinski definition) is 1. The predicted molar refractivity (Wildman–Crippen MR) is 66.4 cm³/mol. The van der Waals surface area contributed by atoms with Crippen molar-refractivity contribution in [1.82, 2.24) is 0 Å². The highest BCUT2D eigenvalue weighted by Crippen LogP contribution is 2.37. The lowest BCUT2D eigenvalue weighted by molar-refractivity contribution is 0.220. The number of nitrogens with two attached hydrogens (primary N) is 1. The standard InChI is InChI=1S/C13H20FNO2/c1-13(2,14)10-7-9(5-6-15)12(17-4)11(8-10)16-3/h7-8H,5-6,15H2,1-4H3. The highest BCUT2D eigenvalue weighted by molar-refractivity contribution is 5.50. The van der Waals surface area contributed by atoms with E-state index in [4.69, 9.17) is 15.2 Å². The Bertz CT molecular complexity index is 386. The molecule has 0 fully saturated rings. The van der Waals surface area contributed by atoms with Crippen LogP contribution in [0, 0.1) is 0 Å². The zero-order chi connectivity index (χ0) is 13.1. The third kappa shape index (κ3) is 3.09. The Morgan fingerprint density at radius 1 is 1.24 bits per heavy atom. The molecular formula is C13H20FNO2. The van der Waals surface area contributed by atoms with E-state index in [1.165, 1.54) is 13.8 Å². The fourth-order valence-corrected chi connectivity index (χ4v) is 1.73. The van der Waals surface area contributed by atoms with Gasteiger partial charge in [0.2, 0.25) is 0 Å². The summed E-state index contributed by atoms with van der Waals surface area (Å²) in [7, 11) is 3.11. The van der Waals surface area contributed by atoms with Crippen LogP contribution in [0.25, 0.3) is 0 Å². The first-order valence-corrected chi connectivity index (χ1v) is 5.58. The Labute approximate surface area is 102 Å². The molecule has 3 nitrogen and oxygen atoms in total. The van der Waals surface area contributed by atoms with Crippen LogP contribution in [0.3, 0.4) is 0 Å². The van der Waals surface area contributed by atoms with Crippen molar-refractivity contribution in [2.24, 2.45) is 5.73 Å². The summed E-state index contributed by atoms with van der Waals surface area (Å²) in [5, 5.41) is 0. The van der Waals surface area contributed by atoms with Gasteiger partial charge in [0.15, 0.2) is 11.5 Å². The van der Waals surface area contributed by atoms with Crippen molar-refractivity contribution in [2.45, 2.75) is 25.9 Å². The number of halogens is 1. The van der Waals surface area contributed by atoms with Gasteiger partial charge in [0.1, 0.15) is 5.67 Å². The second kappa shape index (κ2) is 5.36. The van der Waals surface area contributed by atoms with Gasteiger partial charge in [0, 0.05) is 0 Å². The lowest BCUT2D eigenvalue weighted by Gasteiger charge is -2.20. The molecule has 0 aromatic heterocycles. The minimum Gasteiger partial charge on any atom is -0.493 e. The molecule has 96 valence electrons. The molecule has 0 unspecified atom stereocenters. The Morgan fingerprint density at radius 3 is 2.29 bits per heavy atom. The first-order chi connectivity index (χ1) is 7.93. The Balaban J connectivity index is 3.34. The van der Waals surface area contributed by atoms with Gasteiger partial charge >= 0.3 is 0 Å². The van der Waals surface area contributed by atoms with E-state index >= 15 is 0 Å². The van der Waals surface area contributed by atoms with Crippen LogP contribution in [0.2, 0.25) is 0 Å². The van der Waals surface area contributed by atoms with Gasteiger partial charge in [-0.2, -0.15) is 0 Å². The van der Waals surface area contributed by atoms with Crippen LogP contribution in [0.5, 0.6) is 11.5 Å². The van der Waals surface area contributed by atoms with Crippen molar-refractivity contribution in [3.05, 3.63) is 23.3 Å². The maximum absolute atomic E-state index is 14.0. The largest absolute Gasteiger partial charge is 0.493 e. The lowest BCUT2D eigenvalue weighted by Crippen LogP contribution is -2.12. The molecule has 0 bridgehead atoms. The topological polar surface area (TPSA) is 44.5 Å². The van der Waals surface area contributed by atoms with Crippen LogP contribution < -0.4 is 15.2 Å². The van der Waals surface area contributed by atoms with Crippen LogP contribution in [-0.2, 0) is 12.1 Å². The van der Waals surface area contributed by atoms with Crippen LogP contribution in [0.15, 0.2) is 12.1 Å². The van der Waals surface area contributed by atoms with Gasteiger partial charge in [0.25, 0.3) is 0 Å². The van der Waals surface area contributed by atoms with Gasteiger partial charge in [-0.1, -0.05) is 0 Å². The molecule has 0 spiro atoms. The summed E-state index contributed by atoms with van der Waals surface area (Å²) in [6.07, 6.45) is 0.628. The SMILES string of the molecule is COc1cc(C(C)(C)F)cc(CCN)c1OC. The van der Waals surface area contributed by atoms with E-state index in [0.29, 0.717) is 30.0 Å². The molecule has 0 heterocycles. The van der Waals surface area contributed by atoms with E-state index in [1.807, 2.05) is 0 Å². The minimum absolute atomic E-state index is 0.482. The van der Waals surface area contributed by atoms with Gasteiger partial charge in [-0.05, 0) is 50.1 Å². The van der Waals surface area contributed by atoms with Crippen molar-refractivity contribution >= 4 is 0 Å². The second-order valence-electron chi connectivity index (χ2n) is 4.38. The summed E-state index contributed by atoms with van der Waals surface area (Å²) < 4.78 is 24.5. The summed E-state index contributed by atoms with van der Waals surface area (Å²) in [6.45, 7) is 3.51. The van der Waals surface area contributed by atoms with Crippen molar-refractivity contribution in [1.29, 1.82) is 0 Å². The average Bonchev–Trinajstić information content (AvgIpc) is 2.27. The highest BCUT2D eigenvalue weighted by atomic mass is 19.1. The van der Waals surface area contributed by atoms with E-state index in [0.717, 1.165) is 5.56 Å². The third-order valence-electron chi connectivity index (χ3n) is 2.66. The van der Waals surface area contributed by atoms with Gasteiger partial charge in [-0.3, -0.25) is 0 Å². The predicted octanol–water partition coefficient (Wildman–Crippen LogP) is 2.41. The summed E-state index contributed by atoms with van der Waals surface area (Å²) in [4.78, 5) is 0. The summed E-state index contributed by atoms with van der Waals surface area (Å²) >= 11 is 0. The van der Waals surface area contributed by atoms with Crippen molar-refractivity contribution in [2.75, 3.05) is 20.8 Å². The molecule has 1 aromatic carbocycles. The van der Waals surface area contributed by atoms with Crippen molar-refractivity contribution in [3.63, 3.8) is 0 Å². The van der Waals surface area contributed by atoms with E-state index in [2.05, 4.69) is 0 Å². The van der Waals surface area contributed by atoms with Crippen molar-refractivity contribution < 1.29 is 13.9 Å². The summed E-state index contributed by atoms with van der Waals surface area (Å²) in [5.74, 6) is 1.17. The molecule has 0 saturated carbocycles. The quantitative estimate of drug-likeness (QED) is 0.861. The van der Waals surface area contributed by atoms with Crippen LogP contribution >= 0.6 is 0 Å². The fraction of sp³-hybridized carbons (Fsp3) is 0.538. The molecule has 17 heavy (non-hydrogen) atoms. The number of alkyl halides is 1. The molecule has 0 aliphatic carbocycles. The van der Waals surface area contributed by atoms with Crippen LogP contribution in [-0.4, -0.2) is 20.8 Å². The number of rotatable bonds is 5. The van der Waals surface area contributed by atoms with E-state index in [-0.39, 0.29) is 0 Å². The monoisotopic (exact) mass is 241 g/mol. The number of benzene rings is 1. The van der Waals surface area contributed by atoms with Gasteiger partial charge in [-0.15, -0.1) is 0 Å². The zero-order valence-electron chi connectivity index (χ0n) is 10.8. The smallest absolute Gasteiger partial charge is 0.163 e. The normalized spacial score (nSPS) is 11.4. The Hall–Kier alpha value is -1.29. The fourth-order valence-electron chi connectivity index (χ4n) is 1.73. The molecule has 0 amide bonds. The average molecular weight is 241 g/mol. The highest BCUT2D eigenvalue weighted by Gasteiger charge is 2.23. The van der Waals surface area contributed by atoms with Crippen LogP contribution in [0.1, 0.15) is 25.0 Å². The second-order valence-corrected chi connectivity index (χ2v) is 4.38. The number of methoxy groups -OCH3 is 2. The molecule has 2 N–H and O–H groups in total. The molecule has 1 rings (SSSR count). The summed E-state index contributed by atoms with van der Waals surface area (Å²) in [6, 6.07) is 3.45. The van der Waals surface area contributed by atoms with Crippen LogP contribution in [0.4, 0.5) is 4.39 Å². The van der Waals surface area contributed by atoms with Gasteiger partial charge in [-0.25, -0.2) is 4.39 Å². The summed E-state index contributed by atoms with van der Waals surface area (Å²) in [5.41, 5.74) is 5.57. The lowest BCUT2D eigenvalue weighted by atomic mass is 9.96. The van der Waals surface area contributed by atoms with E-state index in [9.17, 15) is 4.39 Å². The maximum atomic E-state index is 14.0. The zero-order valence-corrected chi connectivity index (χ0v) is 10.8. The molecule has 4 heteroatoms. The molecule has 0 radical (unpaired) electrons. The molecule has 0 aliphatic heterocycles. The molecule has 0 aliphatic rings. The Morgan fingerprint density at radius 2 is 1.88 bits per heavy atom. The maximum Gasteiger partial charge on any atom is 0.163 e. The molecule has 0 atom stereocenters. The Kier molecular flexibility index (Phi) is 4.34. The number of ether oxygens (including phenoxy) is 2. The first-order valence-electron chi connectivity index (χ1n) is 5.58. The van der Waals surface area contributed by atoms with Crippen molar-refractivity contribution in [3.8, 4) is 11.5 Å². The minimum atomic E-state index is -1.41. The third-order valence-corrected chi connectivity index (χ3v) is 2.66. The van der Waals surface area contributed by atoms with Gasteiger partial charge in [0.05, 0.1) is 14.2 Å². The molecular weight excluding hydrogens is 221 g/mol. The molecule has 0 saturated heterocycles. The van der Waals surface area contributed by atoms with Gasteiger partial charge < -0.3 is 15.2 Å². The molecule has 1 aromatic rings. The number of hydrogen-bond acceptors (Lipinski definition) is 3.